The molecule has 2 aromatic rings. The van der Waals surface area contributed by atoms with Gasteiger partial charge in [0.1, 0.15) is 11.9 Å². The molecule has 0 radical (unpaired) electrons. The fourth-order valence-electron chi connectivity index (χ4n) is 2.65. The van der Waals surface area contributed by atoms with E-state index < -0.39 is 6.04 Å². The molecule has 0 aliphatic carbocycles. The number of hydrogen-bond acceptors (Lipinski definition) is 3. The number of carbonyl (C=O) groups is 2. The predicted molar refractivity (Wildman–Crippen MR) is 111 cm³/mol. The van der Waals surface area contributed by atoms with E-state index in [0.717, 1.165) is 23.3 Å². The van der Waals surface area contributed by atoms with Crippen LogP contribution in [0.15, 0.2) is 59.5 Å². The minimum Gasteiger partial charge on any atom is -0.354 e. The molecule has 0 aromatic heterocycles. The van der Waals surface area contributed by atoms with Crippen molar-refractivity contribution in [3.05, 3.63) is 66.0 Å². The molecule has 0 aliphatic heterocycles. The Bertz CT molecular complexity index is 753. The Labute approximate surface area is 170 Å². The van der Waals surface area contributed by atoms with E-state index in [9.17, 15) is 14.0 Å². The molecular formula is C22H27FN2O2S. The van der Waals surface area contributed by atoms with Crippen LogP contribution in [0, 0.1) is 5.82 Å². The van der Waals surface area contributed by atoms with Crippen LogP contribution < -0.4 is 5.32 Å². The zero-order valence-corrected chi connectivity index (χ0v) is 17.2. The maximum atomic E-state index is 13.2. The number of nitrogens with one attached hydrogen (secondary N) is 1. The summed E-state index contributed by atoms with van der Waals surface area (Å²) in [6.07, 6.45) is 1.88. The number of rotatable bonds is 10. The molecule has 2 aromatic carbocycles. The molecular weight excluding hydrogens is 375 g/mol. The third kappa shape index (κ3) is 7.00. The van der Waals surface area contributed by atoms with Gasteiger partial charge in [0, 0.05) is 18.0 Å². The lowest BCUT2D eigenvalue weighted by Gasteiger charge is -2.28. The quantitative estimate of drug-likeness (QED) is 0.477. The van der Waals surface area contributed by atoms with Crippen LogP contribution in [0.4, 0.5) is 4.39 Å². The Morgan fingerprint density at radius 1 is 1.11 bits per heavy atom. The van der Waals surface area contributed by atoms with E-state index in [0.29, 0.717) is 6.54 Å². The molecule has 6 heteroatoms. The summed E-state index contributed by atoms with van der Waals surface area (Å²) in [5, 5.41) is 2.89. The van der Waals surface area contributed by atoms with E-state index in [1.54, 1.807) is 24.0 Å². The summed E-state index contributed by atoms with van der Waals surface area (Å²) in [6.45, 7) is 4.64. The average molecular weight is 403 g/mol. The first kappa shape index (κ1) is 22.0. The monoisotopic (exact) mass is 402 g/mol. The molecule has 0 fully saturated rings. The number of thioether (sulfide) groups is 1. The first-order chi connectivity index (χ1) is 13.5. The lowest BCUT2D eigenvalue weighted by atomic mass is 10.1. The lowest BCUT2D eigenvalue weighted by Crippen LogP contribution is -2.48. The normalized spacial score (nSPS) is 11.7. The summed E-state index contributed by atoms with van der Waals surface area (Å²) in [5.41, 5.74) is 0.785. The topological polar surface area (TPSA) is 49.4 Å². The maximum Gasteiger partial charge on any atom is 0.242 e. The average Bonchev–Trinajstić information content (AvgIpc) is 2.72. The van der Waals surface area contributed by atoms with Crippen molar-refractivity contribution >= 4 is 23.6 Å². The highest BCUT2D eigenvalue weighted by Gasteiger charge is 2.26. The van der Waals surface area contributed by atoms with Gasteiger partial charge < -0.3 is 10.2 Å². The second-order valence-electron chi connectivity index (χ2n) is 6.57. The number of benzene rings is 2. The number of carbonyl (C=O) groups excluding carboxylic acids is 2. The lowest BCUT2D eigenvalue weighted by molar-refractivity contribution is -0.138. The van der Waals surface area contributed by atoms with E-state index in [-0.39, 0.29) is 29.9 Å². The van der Waals surface area contributed by atoms with Crippen LogP contribution >= 0.6 is 11.8 Å². The predicted octanol–water partition coefficient (Wildman–Crippen LogP) is 4.25. The van der Waals surface area contributed by atoms with Gasteiger partial charge in [-0.1, -0.05) is 43.7 Å². The summed E-state index contributed by atoms with van der Waals surface area (Å²) in [4.78, 5) is 28.0. The molecule has 1 unspecified atom stereocenters. The van der Waals surface area contributed by atoms with Gasteiger partial charge in [-0.2, -0.15) is 0 Å². The van der Waals surface area contributed by atoms with Crippen molar-refractivity contribution < 1.29 is 14.0 Å². The van der Waals surface area contributed by atoms with E-state index in [4.69, 9.17) is 0 Å². The third-order valence-electron chi connectivity index (χ3n) is 4.37. The highest BCUT2D eigenvalue weighted by atomic mass is 32.2. The van der Waals surface area contributed by atoms with Gasteiger partial charge >= 0.3 is 0 Å². The van der Waals surface area contributed by atoms with Crippen LogP contribution in [-0.2, 0) is 16.1 Å². The summed E-state index contributed by atoms with van der Waals surface area (Å²) in [7, 11) is 0. The zero-order valence-electron chi connectivity index (χ0n) is 16.4. The fraction of sp³-hybridized carbons (Fsp3) is 0.364. The van der Waals surface area contributed by atoms with Crippen molar-refractivity contribution in [1.29, 1.82) is 0 Å². The van der Waals surface area contributed by atoms with Crippen molar-refractivity contribution in [3.8, 4) is 0 Å². The Hall–Kier alpha value is -2.34. The molecule has 2 rings (SSSR count). The molecule has 0 heterocycles. The van der Waals surface area contributed by atoms with Gasteiger partial charge in [0.05, 0.1) is 5.75 Å². The molecule has 0 spiro atoms. The van der Waals surface area contributed by atoms with E-state index in [2.05, 4.69) is 12.2 Å². The van der Waals surface area contributed by atoms with Gasteiger partial charge in [-0.15, -0.1) is 11.8 Å². The third-order valence-corrected chi connectivity index (χ3v) is 5.37. The number of halogens is 1. The van der Waals surface area contributed by atoms with Gasteiger partial charge in [-0.25, -0.2) is 4.39 Å². The van der Waals surface area contributed by atoms with E-state index in [1.165, 1.54) is 23.9 Å². The number of nitrogens with zero attached hydrogens (tertiary/aromatic N) is 1. The van der Waals surface area contributed by atoms with Gasteiger partial charge in [-0.05, 0) is 43.2 Å². The van der Waals surface area contributed by atoms with Crippen molar-refractivity contribution in [2.45, 2.75) is 44.2 Å². The summed E-state index contributed by atoms with van der Waals surface area (Å²) < 4.78 is 13.2. The zero-order chi connectivity index (χ0) is 20.4. The van der Waals surface area contributed by atoms with Crippen molar-refractivity contribution in [1.82, 2.24) is 10.2 Å². The van der Waals surface area contributed by atoms with E-state index >= 15 is 0 Å². The highest BCUT2D eigenvalue weighted by Crippen LogP contribution is 2.19. The van der Waals surface area contributed by atoms with Gasteiger partial charge in [0.15, 0.2) is 0 Å². The molecule has 150 valence electrons. The molecule has 0 saturated heterocycles. The number of amides is 2. The molecule has 2 amide bonds. The number of hydrogen-bond donors (Lipinski definition) is 1. The summed E-state index contributed by atoms with van der Waals surface area (Å²) >= 11 is 1.44. The standard InChI is InChI=1S/C22H27FN2O2S/c1-3-4-14-24-22(27)17(2)25(15-18-10-12-19(23)13-11-18)21(26)16-28-20-8-6-5-7-9-20/h5-13,17H,3-4,14-16H2,1-2H3,(H,24,27). The SMILES string of the molecule is CCCCNC(=O)C(C)N(Cc1ccc(F)cc1)C(=O)CSc1ccccc1. The Morgan fingerprint density at radius 2 is 1.79 bits per heavy atom. The molecule has 1 atom stereocenters. The van der Waals surface area contributed by atoms with Crippen molar-refractivity contribution in [2.75, 3.05) is 12.3 Å². The minimum atomic E-state index is -0.606. The summed E-state index contributed by atoms with van der Waals surface area (Å²) in [6, 6.07) is 15.1. The Kier molecular flexibility index (Phi) is 9.01. The summed E-state index contributed by atoms with van der Waals surface area (Å²) in [5.74, 6) is -0.394. The Morgan fingerprint density at radius 3 is 2.43 bits per heavy atom. The molecule has 0 aliphatic rings. The van der Waals surface area contributed by atoms with Crippen LogP contribution in [0.1, 0.15) is 32.3 Å². The second-order valence-corrected chi connectivity index (χ2v) is 7.62. The van der Waals surface area contributed by atoms with Crippen LogP contribution in [0.3, 0.4) is 0 Å². The first-order valence-corrected chi connectivity index (χ1v) is 10.5. The number of unbranched alkanes of at least 4 members (excludes halogenated alkanes) is 1. The molecule has 1 N–H and O–H groups in total. The van der Waals surface area contributed by atoms with Crippen LogP contribution in [0.5, 0.6) is 0 Å². The van der Waals surface area contributed by atoms with Crippen molar-refractivity contribution in [3.63, 3.8) is 0 Å². The van der Waals surface area contributed by atoms with Crippen LogP contribution in [-0.4, -0.2) is 35.1 Å². The first-order valence-electron chi connectivity index (χ1n) is 9.50. The van der Waals surface area contributed by atoms with E-state index in [1.807, 2.05) is 30.3 Å². The minimum absolute atomic E-state index is 0.128. The molecule has 4 nitrogen and oxygen atoms in total. The van der Waals surface area contributed by atoms with Gasteiger partial charge in [-0.3, -0.25) is 9.59 Å². The van der Waals surface area contributed by atoms with Gasteiger partial charge in [0.25, 0.3) is 0 Å². The van der Waals surface area contributed by atoms with Crippen LogP contribution in [0.25, 0.3) is 0 Å². The smallest absolute Gasteiger partial charge is 0.242 e. The fourth-order valence-corrected chi connectivity index (χ4v) is 3.46. The highest BCUT2D eigenvalue weighted by molar-refractivity contribution is 8.00. The van der Waals surface area contributed by atoms with Gasteiger partial charge in [0.2, 0.25) is 11.8 Å². The van der Waals surface area contributed by atoms with Crippen LogP contribution in [0.2, 0.25) is 0 Å². The molecule has 0 saturated carbocycles. The Balaban J connectivity index is 2.08. The van der Waals surface area contributed by atoms with Crippen molar-refractivity contribution in [2.24, 2.45) is 0 Å². The molecule has 28 heavy (non-hydrogen) atoms. The molecule has 0 bridgehead atoms. The maximum absolute atomic E-state index is 13.2. The largest absolute Gasteiger partial charge is 0.354 e. The second kappa shape index (κ2) is 11.5.